The maximum Gasteiger partial charge on any atom is 0.119 e. The Morgan fingerprint density at radius 3 is 2.96 bits per heavy atom. The highest BCUT2D eigenvalue weighted by Crippen LogP contribution is 2.40. The van der Waals surface area contributed by atoms with Gasteiger partial charge in [0.25, 0.3) is 0 Å². The van der Waals surface area contributed by atoms with Gasteiger partial charge < -0.3 is 14.6 Å². The number of allylic oxidation sites excluding steroid dienone is 2. The number of aromatic amines is 1. The van der Waals surface area contributed by atoms with E-state index in [4.69, 9.17) is 4.74 Å². The van der Waals surface area contributed by atoms with Crippen molar-refractivity contribution >= 4 is 16.6 Å². The summed E-state index contributed by atoms with van der Waals surface area (Å²) in [6.07, 6.45) is 8.85. The molecule has 1 N–H and O–H groups in total. The fraction of sp³-hybridized carbons (Fsp3) is 0.400. The Balaban J connectivity index is 1.68. The van der Waals surface area contributed by atoms with Crippen molar-refractivity contribution in [2.24, 2.45) is 0 Å². The normalized spacial score (nSPS) is 20.0. The lowest BCUT2D eigenvalue weighted by atomic mass is 9.86. The van der Waals surface area contributed by atoms with E-state index in [0.717, 1.165) is 25.3 Å². The summed E-state index contributed by atoms with van der Waals surface area (Å²) >= 11 is 0. The van der Waals surface area contributed by atoms with Crippen molar-refractivity contribution in [3.8, 4) is 5.75 Å². The van der Waals surface area contributed by atoms with Gasteiger partial charge in [-0.1, -0.05) is 0 Å². The molecule has 2 aliphatic heterocycles. The van der Waals surface area contributed by atoms with Gasteiger partial charge in [-0.3, -0.25) is 0 Å². The van der Waals surface area contributed by atoms with E-state index in [2.05, 4.69) is 28.1 Å². The van der Waals surface area contributed by atoms with E-state index in [1.54, 1.807) is 18.3 Å². The molecule has 3 heteroatoms. The topological polar surface area (TPSA) is 28.3 Å². The third-order valence-electron chi connectivity index (χ3n) is 5.66. The van der Waals surface area contributed by atoms with Gasteiger partial charge >= 0.3 is 0 Å². The van der Waals surface area contributed by atoms with Crippen molar-refractivity contribution in [2.45, 2.75) is 32.1 Å². The summed E-state index contributed by atoms with van der Waals surface area (Å²) in [5.41, 5.74) is 8.70. The molecule has 0 atom stereocenters. The predicted octanol–water partition coefficient (Wildman–Crippen LogP) is 4.26. The van der Waals surface area contributed by atoms with Gasteiger partial charge in [0, 0.05) is 24.0 Å². The summed E-state index contributed by atoms with van der Waals surface area (Å²) in [7, 11) is 1.74. The monoisotopic (exact) mass is 306 g/mol. The molecule has 0 saturated carbocycles. The van der Waals surface area contributed by atoms with E-state index in [1.807, 2.05) is 6.07 Å². The number of rotatable bonds is 1. The molecule has 0 radical (unpaired) electrons. The van der Waals surface area contributed by atoms with Gasteiger partial charge in [0.15, 0.2) is 0 Å². The minimum atomic E-state index is 0.941. The van der Waals surface area contributed by atoms with Crippen LogP contribution in [0.2, 0.25) is 0 Å². The van der Waals surface area contributed by atoms with Gasteiger partial charge in [-0.05, 0) is 73.1 Å². The first-order chi connectivity index (χ1) is 11.3. The fourth-order valence-electron chi connectivity index (χ4n) is 4.43. The smallest absolute Gasteiger partial charge is 0.119 e. The second-order valence-electron chi connectivity index (χ2n) is 6.93. The molecule has 0 unspecified atom stereocenters. The molecule has 1 aromatic carbocycles. The van der Waals surface area contributed by atoms with Gasteiger partial charge in [0.2, 0.25) is 0 Å². The molecule has 0 fully saturated rings. The van der Waals surface area contributed by atoms with Crippen LogP contribution in [0, 0.1) is 0 Å². The molecule has 3 heterocycles. The number of hydrogen-bond donors (Lipinski definition) is 1. The molecular formula is C20H22N2O. The minimum Gasteiger partial charge on any atom is -0.497 e. The van der Waals surface area contributed by atoms with Crippen molar-refractivity contribution in [3.05, 3.63) is 46.7 Å². The third-order valence-corrected chi connectivity index (χ3v) is 5.66. The van der Waals surface area contributed by atoms with Gasteiger partial charge in [0.05, 0.1) is 18.5 Å². The third kappa shape index (κ3) is 1.95. The Morgan fingerprint density at radius 1 is 1.13 bits per heavy atom. The Morgan fingerprint density at radius 2 is 2.04 bits per heavy atom. The molecule has 0 saturated heterocycles. The standard InChI is InChI=1S/C20H22N2O/c1-23-15-6-7-18-17(11-15)16-8-9-22-12-14-5-3-2-4-13(14)10-19(22)20(16)21-18/h6-7,10-11,21H,2-5,8-9,12H2,1H3. The first-order valence-corrected chi connectivity index (χ1v) is 8.70. The predicted molar refractivity (Wildman–Crippen MR) is 93.6 cm³/mol. The quantitative estimate of drug-likeness (QED) is 0.852. The van der Waals surface area contributed by atoms with E-state index < -0.39 is 0 Å². The summed E-state index contributed by atoms with van der Waals surface area (Å²) in [6, 6.07) is 6.36. The fourth-order valence-corrected chi connectivity index (χ4v) is 4.43. The van der Waals surface area contributed by atoms with Crippen molar-refractivity contribution in [1.29, 1.82) is 0 Å². The zero-order valence-corrected chi connectivity index (χ0v) is 13.6. The largest absolute Gasteiger partial charge is 0.497 e. The van der Waals surface area contributed by atoms with Gasteiger partial charge in [0.1, 0.15) is 5.75 Å². The van der Waals surface area contributed by atoms with Crippen LogP contribution in [0.4, 0.5) is 0 Å². The van der Waals surface area contributed by atoms with Crippen LogP contribution < -0.4 is 4.74 Å². The Labute approximate surface area is 136 Å². The molecule has 1 aliphatic carbocycles. The lowest BCUT2D eigenvalue weighted by Crippen LogP contribution is -2.34. The molecule has 0 amide bonds. The zero-order chi connectivity index (χ0) is 15.4. The average Bonchev–Trinajstić information content (AvgIpc) is 2.98. The molecular weight excluding hydrogens is 284 g/mol. The highest BCUT2D eigenvalue weighted by molar-refractivity contribution is 5.91. The Kier molecular flexibility index (Phi) is 2.84. The maximum absolute atomic E-state index is 5.41. The molecule has 3 aliphatic rings. The number of methoxy groups -OCH3 is 1. The van der Waals surface area contributed by atoms with E-state index in [1.165, 1.54) is 53.5 Å². The Hall–Kier alpha value is -2.16. The van der Waals surface area contributed by atoms with Crippen molar-refractivity contribution in [3.63, 3.8) is 0 Å². The van der Waals surface area contributed by atoms with Crippen LogP contribution in [-0.4, -0.2) is 30.1 Å². The number of ether oxygens (including phenoxy) is 1. The SMILES string of the molecule is COc1ccc2[nH]c3c(c2c1)CCN1CC2=C(C=C31)CCCC2. The number of hydrogen-bond acceptors (Lipinski definition) is 2. The average molecular weight is 306 g/mol. The summed E-state index contributed by atoms with van der Waals surface area (Å²) in [5.74, 6) is 0.941. The van der Waals surface area contributed by atoms with E-state index >= 15 is 0 Å². The number of H-pyrrole nitrogens is 1. The van der Waals surface area contributed by atoms with Gasteiger partial charge in [-0.2, -0.15) is 0 Å². The number of nitrogens with one attached hydrogen (secondary N) is 1. The highest BCUT2D eigenvalue weighted by atomic mass is 16.5. The zero-order valence-electron chi connectivity index (χ0n) is 13.6. The molecule has 1 aromatic heterocycles. The molecule has 2 aromatic rings. The van der Waals surface area contributed by atoms with Crippen LogP contribution in [0.15, 0.2) is 35.4 Å². The van der Waals surface area contributed by atoms with Crippen LogP contribution >= 0.6 is 0 Å². The highest BCUT2D eigenvalue weighted by Gasteiger charge is 2.29. The number of aromatic nitrogens is 1. The second kappa shape index (κ2) is 4.92. The van der Waals surface area contributed by atoms with Crippen LogP contribution in [0.1, 0.15) is 36.9 Å². The van der Waals surface area contributed by atoms with E-state index in [-0.39, 0.29) is 0 Å². The van der Waals surface area contributed by atoms with Crippen LogP contribution in [0.3, 0.4) is 0 Å². The van der Waals surface area contributed by atoms with Crippen LogP contribution in [0.5, 0.6) is 5.75 Å². The van der Waals surface area contributed by atoms with Crippen molar-refractivity contribution in [2.75, 3.05) is 20.2 Å². The lowest BCUT2D eigenvalue weighted by Gasteiger charge is -2.37. The summed E-state index contributed by atoms with van der Waals surface area (Å²) in [4.78, 5) is 6.24. The number of nitrogens with zero attached hydrogens (tertiary/aromatic N) is 1. The maximum atomic E-state index is 5.41. The Bertz CT molecular complexity index is 856. The number of fused-ring (bicyclic) bond motifs is 5. The summed E-state index contributed by atoms with van der Waals surface area (Å²) in [5, 5.41) is 1.32. The lowest BCUT2D eigenvalue weighted by molar-refractivity contribution is 0.401. The molecule has 0 spiro atoms. The van der Waals surface area contributed by atoms with Gasteiger partial charge in [-0.25, -0.2) is 0 Å². The van der Waals surface area contributed by atoms with Crippen LogP contribution in [-0.2, 0) is 6.42 Å². The second-order valence-corrected chi connectivity index (χ2v) is 6.93. The van der Waals surface area contributed by atoms with E-state index in [0.29, 0.717) is 0 Å². The molecule has 3 nitrogen and oxygen atoms in total. The first-order valence-electron chi connectivity index (χ1n) is 8.70. The molecule has 118 valence electrons. The van der Waals surface area contributed by atoms with Crippen molar-refractivity contribution in [1.82, 2.24) is 9.88 Å². The van der Waals surface area contributed by atoms with Crippen molar-refractivity contribution < 1.29 is 4.74 Å². The van der Waals surface area contributed by atoms with E-state index in [9.17, 15) is 0 Å². The van der Waals surface area contributed by atoms with Gasteiger partial charge in [-0.15, -0.1) is 0 Å². The molecule has 5 rings (SSSR count). The summed E-state index contributed by atoms with van der Waals surface area (Å²) < 4.78 is 5.41. The van der Waals surface area contributed by atoms with Crippen LogP contribution in [0.25, 0.3) is 16.6 Å². The summed E-state index contributed by atoms with van der Waals surface area (Å²) in [6.45, 7) is 2.26. The first kappa shape index (κ1) is 13.3. The minimum absolute atomic E-state index is 0.941. The number of benzene rings is 1. The molecule has 23 heavy (non-hydrogen) atoms. The molecule has 0 bridgehead atoms.